The van der Waals surface area contributed by atoms with Crippen molar-refractivity contribution in [2.24, 2.45) is 0 Å². The van der Waals surface area contributed by atoms with Crippen LogP contribution in [-0.2, 0) is 9.59 Å². The van der Waals surface area contributed by atoms with Crippen LogP contribution in [-0.4, -0.2) is 30.0 Å². The van der Waals surface area contributed by atoms with Crippen LogP contribution in [0, 0.1) is 6.92 Å². The van der Waals surface area contributed by atoms with Crippen LogP contribution in [0.1, 0.15) is 5.56 Å². The molecule has 0 atom stereocenters. The molecule has 0 bridgehead atoms. The third-order valence-corrected chi connectivity index (χ3v) is 2.47. The number of amides is 2. The van der Waals surface area contributed by atoms with Gasteiger partial charge in [0.1, 0.15) is 5.75 Å². The first-order valence-corrected chi connectivity index (χ1v) is 4.93. The van der Waals surface area contributed by atoms with Gasteiger partial charge in [0.25, 0.3) is 0 Å². The molecule has 1 aromatic rings. The number of hydrogen-bond acceptors (Lipinski definition) is 4. The zero-order valence-electron chi connectivity index (χ0n) is 8.86. The van der Waals surface area contributed by atoms with Crippen LogP contribution in [0.4, 0.5) is 5.69 Å². The van der Waals surface area contributed by atoms with Crippen molar-refractivity contribution in [2.75, 3.05) is 18.0 Å². The molecule has 1 aliphatic rings. The molecule has 1 aliphatic heterocycles. The molecule has 1 aromatic carbocycles. The molecule has 0 unspecified atom stereocenters. The van der Waals surface area contributed by atoms with Crippen molar-refractivity contribution in [3.05, 3.63) is 23.8 Å². The van der Waals surface area contributed by atoms with Gasteiger partial charge in [-0.15, -0.1) is 0 Å². The third kappa shape index (κ3) is 1.98. The summed E-state index contributed by atoms with van der Waals surface area (Å²) in [5, 5.41) is 11.5. The van der Waals surface area contributed by atoms with E-state index in [-0.39, 0.29) is 30.7 Å². The summed E-state index contributed by atoms with van der Waals surface area (Å²) in [6, 6.07) is 4.85. The van der Waals surface area contributed by atoms with Crippen molar-refractivity contribution in [1.29, 1.82) is 0 Å². The molecule has 16 heavy (non-hydrogen) atoms. The van der Waals surface area contributed by atoms with Gasteiger partial charge in [-0.3, -0.25) is 14.9 Å². The molecule has 1 fully saturated rings. The molecular weight excluding hydrogens is 208 g/mol. The zero-order valence-corrected chi connectivity index (χ0v) is 8.86. The molecule has 1 saturated heterocycles. The van der Waals surface area contributed by atoms with Crippen molar-refractivity contribution < 1.29 is 14.7 Å². The number of carbonyl (C=O) groups is 2. The van der Waals surface area contributed by atoms with Crippen LogP contribution in [0.3, 0.4) is 0 Å². The fourth-order valence-electron chi connectivity index (χ4n) is 1.80. The molecule has 0 saturated carbocycles. The maximum absolute atomic E-state index is 11.2. The first-order chi connectivity index (χ1) is 7.56. The second-order valence-corrected chi connectivity index (χ2v) is 3.80. The number of piperazine rings is 1. The van der Waals surface area contributed by atoms with Crippen molar-refractivity contribution in [2.45, 2.75) is 6.92 Å². The quantitative estimate of drug-likeness (QED) is 0.662. The second kappa shape index (κ2) is 3.84. The number of anilines is 1. The number of phenols is 1. The van der Waals surface area contributed by atoms with Gasteiger partial charge in [-0.25, -0.2) is 0 Å². The molecule has 2 N–H and O–H groups in total. The Morgan fingerprint density at radius 1 is 1.25 bits per heavy atom. The van der Waals surface area contributed by atoms with Crippen LogP contribution in [0.15, 0.2) is 18.2 Å². The Kier molecular flexibility index (Phi) is 2.52. The molecule has 0 aromatic heterocycles. The summed E-state index contributed by atoms with van der Waals surface area (Å²) in [5.41, 5.74) is 1.63. The van der Waals surface area contributed by atoms with Gasteiger partial charge in [0, 0.05) is 5.69 Å². The lowest BCUT2D eigenvalue weighted by molar-refractivity contribution is -0.130. The van der Waals surface area contributed by atoms with Gasteiger partial charge >= 0.3 is 0 Å². The Morgan fingerprint density at radius 3 is 2.44 bits per heavy atom. The van der Waals surface area contributed by atoms with E-state index in [4.69, 9.17) is 0 Å². The van der Waals surface area contributed by atoms with E-state index in [0.717, 1.165) is 11.3 Å². The van der Waals surface area contributed by atoms with Crippen molar-refractivity contribution in [1.82, 2.24) is 5.32 Å². The average Bonchev–Trinajstić information content (AvgIpc) is 2.15. The lowest BCUT2D eigenvalue weighted by Gasteiger charge is -2.28. The van der Waals surface area contributed by atoms with Gasteiger partial charge in [-0.2, -0.15) is 0 Å². The van der Waals surface area contributed by atoms with E-state index in [0.29, 0.717) is 0 Å². The molecule has 5 nitrogen and oxygen atoms in total. The number of benzene rings is 1. The Hall–Kier alpha value is -2.04. The summed E-state index contributed by atoms with van der Waals surface area (Å²) >= 11 is 0. The van der Waals surface area contributed by atoms with E-state index < -0.39 is 0 Å². The fourth-order valence-corrected chi connectivity index (χ4v) is 1.80. The van der Waals surface area contributed by atoms with Gasteiger partial charge in [-0.1, -0.05) is 0 Å². The maximum Gasteiger partial charge on any atom is 0.246 e. The summed E-state index contributed by atoms with van der Waals surface area (Å²) in [7, 11) is 0. The van der Waals surface area contributed by atoms with Crippen molar-refractivity contribution in [3.8, 4) is 5.75 Å². The van der Waals surface area contributed by atoms with Gasteiger partial charge in [0.15, 0.2) is 0 Å². The number of nitrogens with one attached hydrogen (secondary N) is 1. The molecule has 84 valence electrons. The van der Waals surface area contributed by atoms with Gasteiger partial charge in [0.05, 0.1) is 13.1 Å². The summed E-state index contributed by atoms with van der Waals surface area (Å²) in [6.45, 7) is 2.15. The SMILES string of the molecule is Cc1cc(O)ccc1N1CC(=O)NC(=O)C1. The largest absolute Gasteiger partial charge is 0.508 e. The first kappa shape index (κ1) is 10.5. The van der Waals surface area contributed by atoms with E-state index >= 15 is 0 Å². The topological polar surface area (TPSA) is 69.6 Å². The summed E-state index contributed by atoms with van der Waals surface area (Å²) in [6.07, 6.45) is 0. The molecule has 2 amide bonds. The molecule has 0 aliphatic carbocycles. The van der Waals surface area contributed by atoms with Crippen LogP contribution < -0.4 is 10.2 Å². The van der Waals surface area contributed by atoms with Gasteiger partial charge in [-0.05, 0) is 30.7 Å². The lowest BCUT2D eigenvalue weighted by atomic mass is 10.1. The number of nitrogens with zero attached hydrogens (tertiary/aromatic N) is 1. The molecule has 1 heterocycles. The van der Waals surface area contributed by atoms with E-state index in [1.165, 1.54) is 0 Å². The monoisotopic (exact) mass is 220 g/mol. The highest BCUT2D eigenvalue weighted by molar-refractivity contribution is 6.02. The number of carbonyl (C=O) groups excluding carboxylic acids is 2. The van der Waals surface area contributed by atoms with Crippen molar-refractivity contribution >= 4 is 17.5 Å². The molecular formula is C11H12N2O3. The Balaban J connectivity index is 2.29. The highest BCUT2D eigenvalue weighted by Gasteiger charge is 2.23. The minimum Gasteiger partial charge on any atom is -0.508 e. The Bertz CT molecular complexity index is 441. The predicted molar refractivity (Wildman–Crippen MR) is 58.2 cm³/mol. The number of phenolic OH excluding ortho intramolecular Hbond substituents is 1. The number of aromatic hydroxyl groups is 1. The first-order valence-electron chi connectivity index (χ1n) is 4.93. The smallest absolute Gasteiger partial charge is 0.246 e. The standard InChI is InChI=1S/C11H12N2O3/c1-7-4-8(14)2-3-9(7)13-5-10(15)12-11(16)6-13/h2-4,14H,5-6H2,1H3,(H,12,15,16). The maximum atomic E-state index is 11.2. The second-order valence-electron chi connectivity index (χ2n) is 3.80. The van der Waals surface area contributed by atoms with E-state index in [1.807, 2.05) is 6.92 Å². The average molecular weight is 220 g/mol. The normalized spacial score (nSPS) is 16.2. The van der Waals surface area contributed by atoms with E-state index in [9.17, 15) is 14.7 Å². The minimum atomic E-state index is -0.302. The number of hydrogen-bond donors (Lipinski definition) is 2. The molecule has 2 rings (SSSR count). The van der Waals surface area contributed by atoms with Crippen molar-refractivity contribution in [3.63, 3.8) is 0 Å². The summed E-state index contributed by atoms with van der Waals surface area (Å²) < 4.78 is 0. The molecule has 0 spiro atoms. The van der Waals surface area contributed by atoms with Crippen LogP contribution in [0.2, 0.25) is 0 Å². The minimum absolute atomic E-state index is 0.164. The lowest BCUT2D eigenvalue weighted by Crippen LogP contribution is -2.51. The number of aryl methyl sites for hydroxylation is 1. The van der Waals surface area contributed by atoms with Gasteiger partial charge < -0.3 is 10.0 Å². The highest BCUT2D eigenvalue weighted by Crippen LogP contribution is 2.24. The zero-order chi connectivity index (χ0) is 11.7. The van der Waals surface area contributed by atoms with Crippen LogP contribution in [0.25, 0.3) is 0 Å². The summed E-state index contributed by atoms with van der Waals surface area (Å²) in [4.78, 5) is 24.1. The van der Waals surface area contributed by atoms with E-state index in [2.05, 4.69) is 5.32 Å². The predicted octanol–water partition coefficient (Wildman–Crippen LogP) is 0.163. The Morgan fingerprint density at radius 2 is 1.88 bits per heavy atom. The molecule has 5 heteroatoms. The van der Waals surface area contributed by atoms with Gasteiger partial charge in [0.2, 0.25) is 11.8 Å². The number of imide groups is 1. The van der Waals surface area contributed by atoms with Crippen LogP contribution in [0.5, 0.6) is 5.75 Å². The number of rotatable bonds is 1. The third-order valence-electron chi connectivity index (χ3n) is 2.47. The Labute approximate surface area is 92.7 Å². The fraction of sp³-hybridized carbons (Fsp3) is 0.273. The molecule has 0 radical (unpaired) electrons. The van der Waals surface area contributed by atoms with E-state index in [1.54, 1.807) is 23.1 Å². The summed E-state index contributed by atoms with van der Waals surface area (Å²) in [5.74, 6) is -0.429. The highest BCUT2D eigenvalue weighted by atomic mass is 16.3. The van der Waals surface area contributed by atoms with Crippen LogP contribution >= 0.6 is 0 Å².